The van der Waals surface area contributed by atoms with Crippen molar-refractivity contribution in [3.8, 4) is 5.69 Å². The van der Waals surface area contributed by atoms with E-state index in [4.69, 9.17) is 0 Å². The van der Waals surface area contributed by atoms with Gasteiger partial charge in [-0.1, -0.05) is 18.2 Å². The van der Waals surface area contributed by atoms with E-state index in [0.29, 0.717) is 12.1 Å². The molecule has 7 heteroatoms. The quantitative estimate of drug-likeness (QED) is 0.835. The molecule has 1 unspecified atom stereocenters. The minimum atomic E-state index is -3.02. The molecule has 1 fully saturated rings. The van der Waals surface area contributed by atoms with Gasteiger partial charge in [0.2, 0.25) is 0 Å². The van der Waals surface area contributed by atoms with Crippen molar-refractivity contribution in [2.45, 2.75) is 31.7 Å². The number of rotatable bonds is 3. The minimum Gasteiger partial charge on any atom is -0.336 e. The van der Waals surface area contributed by atoms with Crippen molar-refractivity contribution in [2.75, 3.05) is 18.6 Å². The first kappa shape index (κ1) is 16.3. The molecule has 2 aliphatic rings. The van der Waals surface area contributed by atoms with Crippen LogP contribution in [0.3, 0.4) is 0 Å². The Bertz CT molecular complexity index is 919. The van der Waals surface area contributed by atoms with Crippen molar-refractivity contribution >= 4 is 15.7 Å². The third-order valence-electron chi connectivity index (χ3n) is 5.21. The zero-order valence-corrected chi connectivity index (χ0v) is 15.0. The highest BCUT2D eigenvalue weighted by molar-refractivity contribution is 7.91. The summed E-state index contributed by atoms with van der Waals surface area (Å²) in [5.41, 5.74) is 3.54. The Morgan fingerprint density at radius 3 is 2.68 bits per heavy atom. The lowest BCUT2D eigenvalue weighted by Gasteiger charge is -2.22. The molecule has 0 spiro atoms. The smallest absolute Gasteiger partial charge is 0.274 e. The fraction of sp³-hybridized carbons (Fsp3) is 0.444. The zero-order chi connectivity index (χ0) is 17.6. The first-order valence-corrected chi connectivity index (χ1v) is 10.4. The van der Waals surface area contributed by atoms with Crippen LogP contribution in [-0.4, -0.2) is 53.6 Å². The summed E-state index contributed by atoms with van der Waals surface area (Å²) in [6, 6.07) is 9.56. The summed E-state index contributed by atoms with van der Waals surface area (Å²) in [5.74, 6) is 0.0396. The van der Waals surface area contributed by atoms with Gasteiger partial charge in [-0.2, -0.15) is 5.10 Å². The van der Waals surface area contributed by atoms with Gasteiger partial charge in [0.25, 0.3) is 5.91 Å². The average molecular weight is 359 g/mol. The predicted octanol–water partition coefficient (Wildman–Crippen LogP) is 1.62. The topological polar surface area (TPSA) is 72.3 Å². The molecule has 1 aromatic carbocycles. The van der Waals surface area contributed by atoms with Crippen LogP contribution >= 0.6 is 0 Å². The second kappa shape index (κ2) is 5.98. The summed E-state index contributed by atoms with van der Waals surface area (Å²) in [7, 11) is -1.33. The van der Waals surface area contributed by atoms with Crippen LogP contribution in [0.1, 0.15) is 34.6 Å². The van der Waals surface area contributed by atoms with E-state index in [1.807, 2.05) is 35.0 Å². The highest BCUT2D eigenvalue weighted by atomic mass is 32.2. The summed E-state index contributed by atoms with van der Waals surface area (Å²) in [6.07, 6.45) is 3.28. The number of hydrogen-bond acceptors (Lipinski definition) is 4. The summed E-state index contributed by atoms with van der Waals surface area (Å²) < 4.78 is 25.3. The van der Waals surface area contributed by atoms with E-state index in [2.05, 4.69) is 5.10 Å². The Hall–Kier alpha value is -2.15. The Balaban J connectivity index is 1.68. The zero-order valence-electron chi connectivity index (χ0n) is 14.2. The molecular formula is C18H21N3O3S. The molecule has 1 aliphatic carbocycles. The summed E-state index contributed by atoms with van der Waals surface area (Å²) in [4.78, 5) is 14.6. The number of benzene rings is 1. The first-order chi connectivity index (χ1) is 12.0. The normalized spacial score (nSPS) is 21.2. The monoisotopic (exact) mass is 359 g/mol. The van der Waals surface area contributed by atoms with Crippen molar-refractivity contribution in [3.05, 3.63) is 47.3 Å². The van der Waals surface area contributed by atoms with Gasteiger partial charge in [-0.25, -0.2) is 13.1 Å². The average Bonchev–Trinajstić information content (AvgIpc) is 3.29. The van der Waals surface area contributed by atoms with Crippen LogP contribution in [0.5, 0.6) is 0 Å². The third-order valence-corrected chi connectivity index (χ3v) is 6.96. The Kier molecular flexibility index (Phi) is 3.91. The number of sulfone groups is 1. The molecule has 1 saturated heterocycles. The van der Waals surface area contributed by atoms with Gasteiger partial charge in [0.05, 0.1) is 17.2 Å². The molecule has 2 heterocycles. The largest absolute Gasteiger partial charge is 0.336 e. The van der Waals surface area contributed by atoms with Crippen molar-refractivity contribution in [1.29, 1.82) is 0 Å². The molecular weight excluding hydrogens is 338 g/mol. The summed E-state index contributed by atoms with van der Waals surface area (Å²) >= 11 is 0. The molecule has 1 atom stereocenters. The number of carbonyl (C=O) groups is 1. The van der Waals surface area contributed by atoms with Crippen molar-refractivity contribution in [3.63, 3.8) is 0 Å². The number of amides is 1. The number of para-hydroxylation sites is 1. The molecule has 0 bridgehead atoms. The maximum Gasteiger partial charge on any atom is 0.274 e. The second-order valence-corrected chi connectivity index (χ2v) is 9.08. The molecule has 0 radical (unpaired) electrons. The maximum absolute atomic E-state index is 13.0. The summed E-state index contributed by atoms with van der Waals surface area (Å²) in [6.45, 7) is 0. The van der Waals surface area contributed by atoms with E-state index in [1.54, 1.807) is 11.9 Å². The standard InChI is InChI=1S/C18H21N3O3S/c1-20(14-10-11-25(23,24)12-14)18(22)17-15-8-5-9-16(15)21(19-17)13-6-3-2-4-7-13/h2-4,6-7,14H,5,8-12H2,1H3. The first-order valence-electron chi connectivity index (χ1n) is 8.60. The third kappa shape index (κ3) is 2.86. The molecule has 2 aromatic rings. The number of fused-ring (bicyclic) bond motifs is 1. The fourth-order valence-electron chi connectivity index (χ4n) is 3.81. The number of hydrogen-bond donors (Lipinski definition) is 0. The van der Waals surface area contributed by atoms with Crippen molar-refractivity contribution in [1.82, 2.24) is 14.7 Å². The van der Waals surface area contributed by atoms with Crippen LogP contribution in [0.15, 0.2) is 30.3 Å². The van der Waals surface area contributed by atoms with E-state index < -0.39 is 9.84 Å². The van der Waals surface area contributed by atoms with E-state index in [1.165, 1.54) is 0 Å². The lowest BCUT2D eigenvalue weighted by atomic mass is 10.1. The van der Waals surface area contributed by atoms with Gasteiger partial charge in [-0.15, -0.1) is 0 Å². The van der Waals surface area contributed by atoms with Crippen LogP contribution in [0.2, 0.25) is 0 Å². The SMILES string of the molecule is CN(C(=O)c1nn(-c2ccccc2)c2c1CCC2)C1CCS(=O)(=O)C1. The Morgan fingerprint density at radius 2 is 2.00 bits per heavy atom. The number of carbonyl (C=O) groups excluding carboxylic acids is 1. The van der Waals surface area contributed by atoms with Crippen LogP contribution in [-0.2, 0) is 22.7 Å². The Labute approximate surface area is 147 Å². The molecule has 132 valence electrons. The fourth-order valence-corrected chi connectivity index (χ4v) is 5.58. The van der Waals surface area contributed by atoms with Gasteiger partial charge in [0.15, 0.2) is 15.5 Å². The minimum absolute atomic E-state index is 0.0524. The number of aromatic nitrogens is 2. The molecule has 1 aliphatic heterocycles. The van der Waals surface area contributed by atoms with Gasteiger partial charge in [0.1, 0.15) is 0 Å². The lowest BCUT2D eigenvalue weighted by Crippen LogP contribution is -2.38. The van der Waals surface area contributed by atoms with E-state index >= 15 is 0 Å². The van der Waals surface area contributed by atoms with E-state index in [9.17, 15) is 13.2 Å². The molecule has 6 nitrogen and oxygen atoms in total. The van der Waals surface area contributed by atoms with E-state index in [-0.39, 0.29) is 23.5 Å². The summed E-state index contributed by atoms with van der Waals surface area (Å²) in [5, 5.41) is 4.61. The van der Waals surface area contributed by atoms with Crippen molar-refractivity contribution in [2.24, 2.45) is 0 Å². The van der Waals surface area contributed by atoms with Crippen LogP contribution in [0.4, 0.5) is 0 Å². The highest BCUT2D eigenvalue weighted by Crippen LogP contribution is 2.29. The van der Waals surface area contributed by atoms with Crippen molar-refractivity contribution < 1.29 is 13.2 Å². The van der Waals surface area contributed by atoms with Crippen LogP contribution < -0.4 is 0 Å². The lowest BCUT2D eigenvalue weighted by molar-refractivity contribution is 0.0740. The Morgan fingerprint density at radius 1 is 1.24 bits per heavy atom. The molecule has 0 saturated carbocycles. The molecule has 25 heavy (non-hydrogen) atoms. The maximum atomic E-state index is 13.0. The molecule has 0 N–H and O–H groups in total. The van der Waals surface area contributed by atoms with Gasteiger partial charge < -0.3 is 4.90 Å². The molecule has 1 amide bonds. The van der Waals surface area contributed by atoms with Crippen LogP contribution in [0, 0.1) is 0 Å². The van der Waals surface area contributed by atoms with E-state index in [0.717, 1.165) is 36.2 Å². The van der Waals surface area contributed by atoms with Crippen LogP contribution in [0.25, 0.3) is 5.69 Å². The van der Waals surface area contributed by atoms with Gasteiger partial charge in [-0.3, -0.25) is 4.79 Å². The molecule has 4 rings (SSSR count). The van der Waals surface area contributed by atoms with Gasteiger partial charge in [0, 0.05) is 24.3 Å². The number of nitrogens with zero attached hydrogens (tertiary/aromatic N) is 3. The predicted molar refractivity (Wildman–Crippen MR) is 94.7 cm³/mol. The second-order valence-electron chi connectivity index (χ2n) is 6.85. The highest BCUT2D eigenvalue weighted by Gasteiger charge is 2.36. The van der Waals surface area contributed by atoms with Gasteiger partial charge in [-0.05, 0) is 37.8 Å². The molecule has 1 aromatic heterocycles. The van der Waals surface area contributed by atoms with Gasteiger partial charge >= 0.3 is 0 Å².